The van der Waals surface area contributed by atoms with Gasteiger partial charge >= 0.3 is 0 Å². The van der Waals surface area contributed by atoms with Gasteiger partial charge in [-0.3, -0.25) is 9.59 Å². The van der Waals surface area contributed by atoms with Gasteiger partial charge in [0.25, 0.3) is 0 Å². The molecule has 1 aliphatic heterocycles. The molecule has 10 nitrogen and oxygen atoms in total. The van der Waals surface area contributed by atoms with Crippen molar-refractivity contribution in [3.8, 4) is 0 Å². The van der Waals surface area contributed by atoms with Gasteiger partial charge in [0.1, 0.15) is 11.6 Å². The molecule has 4 rings (SSSR count). The number of hydrogen-bond acceptors (Lipinski definition) is 7. The molecule has 0 atom stereocenters. The van der Waals surface area contributed by atoms with Crippen molar-refractivity contribution in [3.63, 3.8) is 0 Å². The topological polar surface area (TPSA) is 117 Å². The summed E-state index contributed by atoms with van der Waals surface area (Å²) >= 11 is 0. The number of fused-ring (bicyclic) bond motifs is 1. The van der Waals surface area contributed by atoms with E-state index in [1.165, 1.54) is 0 Å². The number of rotatable bonds is 9. The summed E-state index contributed by atoms with van der Waals surface area (Å²) < 4.78 is 1.66. The number of likely N-dealkylation sites (tertiary alicyclic amines) is 1. The number of anilines is 2. The zero-order valence-corrected chi connectivity index (χ0v) is 17.5. The Hall–Kier alpha value is -3.56. The van der Waals surface area contributed by atoms with Gasteiger partial charge in [-0.05, 0) is 43.5 Å². The highest BCUT2D eigenvalue weighted by Gasteiger charge is 2.19. The van der Waals surface area contributed by atoms with Gasteiger partial charge in [0.15, 0.2) is 11.5 Å². The molecule has 10 heteroatoms. The average Bonchev–Trinajstić information content (AvgIpc) is 3.37. The van der Waals surface area contributed by atoms with Crippen molar-refractivity contribution in [3.05, 3.63) is 41.9 Å². The molecule has 4 heterocycles. The van der Waals surface area contributed by atoms with Crippen LogP contribution in [0.4, 0.5) is 11.6 Å². The van der Waals surface area contributed by atoms with E-state index >= 15 is 0 Å². The molecule has 1 saturated heterocycles. The molecule has 0 saturated carbocycles. The number of carbonyl (C=O) groups excluding carboxylic acids is 2. The van der Waals surface area contributed by atoms with E-state index in [4.69, 9.17) is 0 Å². The first-order chi connectivity index (χ1) is 15.1. The van der Waals surface area contributed by atoms with E-state index in [2.05, 4.69) is 30.9 Å². The average molecular weight is 422 g/mol. The Morgan fingerprint density at radius 2 is 2.03 bits per heavy atom. The summed E-state index contributed by atoms with van der Waals surface area (Å²) in [6, 6.07) is 7.37. The molecular weight excluding hydrogens is 396 g/mol. The standard InChI is InChI=1S/C21H26N8O2/c1-15-5-6-16(23-14-15)24-20(30)10-9-19-26-25-18-8-7-17(27-29(18)19)22-11-3-13-28-12-2-4-21(28)31/h5-8,14H,2-4,9-13H2,1H3,(H,22,27)(H,23,24,30). The Kier molecular flexibility index (Phi) is 6.34. The van der Waals surface area contributed by atoms with Crippen LogP contribution in [0.15, 0.2) is 30.5 Å². The molecule has 3 aromatic rings. The first-order valence-corrected chi connectivity index (χ1v) is 10.5. The molecule has 0 bridgehead atoms. The molecule has 2 N–H and O–H groups in total. The van der Waals surface area contributed by atoms with Crippen LogP contribution in [-0.4, -0.2) is 61.1 Å². The second-order valence-electron chi connectivity index (χ2n) is 7.64. The van der Waals surface area contributed by atoms with Gasteiger partial charge in [-0.25, -0.2) is 4.98 Å². The van der Waals surface area contributed by atoms with Crippen LogP contribution in [0.25, 0.3) is 5.65 Å². The number of aryl methyl sites for hydroxylation is 2. The quantitative estimate of drug-likeness (QED) is 0.505. The highest BCUT2D eigenvalue weighted by molar-refractivity contribution is 5.89. The minimum atomic E-state index is -0.140. The van der Waals surface area contributed by atoms with Gasteiger partial charge < -0.3 is 15.5 Å². The zero-order chi connectivity index (χ0) is 21.6. The summed E-state index contributed by atoms with van der Waals surface area (Å²) in [5, 5.41) is 18.9. The summed E-state index contributed by atoms with van der Waals surface area (Å²) in [5.41, 5.74) is 1.66. The van der Waals surface area contributed by atoms with Crippen molar-refractivity contribution in [1.29, 1.82) is 0 Å². The number of hydrogen-bond donors (Lipinski definition) is 2. The van der Waals surface area contributed by atoms with Gasteiger partial charge in [0.2, 0.25) is 11.8 Å². The van der Waals surface area contributed by atoms with Crippen LogP contribution in [0.2, 0.25) is 0 Å². The summed E-state index contributed by atoms with van der Waals surface area (Å²) in [4.78, 5) is 30.0. The maximum absolute atomic E-state index is 12.2. The fourth-order valence-electron chi connectivity index (χ4n) is 3.48. The first kappa shape index (κ1) is 20.7. The largest absolute Gasteiger partial charge is 0.369 e. The van der Waals surface area contributed by atoms with E-state index in [0.717, 1.165) is 31.5 Å². The lowest BCUT2D eigenvalue weighted by atomic mass is 10.2. The normalized spacial score (nSPS) is 13.7. The van der Waals surface area contributed by atoms with E-state index in [-0.39, 0.29) is 18.2 Å². The van der Waals surface area contributed by atoms with Gasteiger partial charge in [0.05, 0.1) is 0 Å². The number of nitrogens with zero attached hydrogens (tertiary/aromatic N) is 6. The molecule has 0 aliphatic carbocycles. The van der Waals surface area contributed by atoms with Crippen LogP contribution in [0.1, 0.15) is 37.1 Å². The smallest absolute Gasteiger partial charge is 0.225 e. The highest BCUT2D eigenvalue weighted by Crippen LogP contribution is 2.12. The van der Waals surface area contributed by atoms with Crippen LogP contribution in [0, 0.1) is 6.92 Å². The van der Waals surface area contributed by atoms with E-state index in [0.29, 0.717) is 42.5 Å². The van der Waals surface area contributed by atoms with Crippen molar-refractivity contribution >= 4 is 29.1 Å². The molecule has 31 heavy (non-hydrogen) atoms. The lowest BCUT2D eigenvalue weighted by Crippen LogP contribution is -2.27. The third kappa shape index (κ3) is 5.33. The predicted octanol–water partition coefficient (Wildman–Crippen LogP) is 1.82. The maximum Gasteiger partial charge on any atom is 0.225 e. The monoisotopic (exact) mass is 422 g/mol. The number of carbonyl (C=O) groups is 2. The first-order valence-electron chi connectivity index (χ1n) is 10.5. The third-order valence-corrected chi connectivity index (χ3v) is 5.16. The van der Waals surface area contributed by atoms with Crippen LogP contribution >= 0.6 is 0 Å². The second kappa shape index (κ2) is 9.50. The molecule has 1 fully saturated rings. The summed E-state index contributed by atoms with van der Waals surface area (Å²) in [7, 11) is 0. The summed E-state index contributed by atoms with van der Waals surface area (Å²) in [5.74, 6) is 1.96. The molecule has 0 unspecified atom stereocenters. The summed E-state index contributed by atoms with van der Waals surface area (Å²) in [6.45, 7) is 4.28. The SMILES string of the molecule is Cc1ccc(NC(=O)CCc2nnc3ccc(NCCCN4CCCC4=O)nn23)nc1. The fourth-order valence-corrected chi connectivity index (χ4v) is 3.48. The third-order valence-electron chi connectivity index (χ3n) is 5.16. The molecule has 2 amide bonds. The molecule has 0 spiro atoms. The van der Waals surface area contributed by atoms with Crippen molar-refractivity contribution in [2.75, 3.05) is 30.3 Å². The van der Waals surface area contributed by atoms with Crippen LogP contribution in [0.5, 0.6) is 0 Å². The number of pyridine rings is 1. The Labute approximate surface area is 180 Å². The van der Waals surface area contributed by atoms with E-state index in [1.54, 1.807) is 16.8 Å². The highest BCUT2D eigenvalue weighted by atomic mass is 16.2. The Bertz CT molecular complexity index is 1060. The van der Waals surface area contributed by atoms with E-state index in [9.17, 15) is 9.59 Å². The van der Waals surface area contributed by atoms with Gasteiger partial charge in [-0.15, -0.1) is 15.3 Å². The van der Waals surface area contributed by atoms with Crippen molar-refractivity contribution < 1.29 is 9.59 Å². The van der Waals surface area contributed by atoms with Crippen molar-refractivity contribution in [1.82, 2.24) is 29.7 Å². The van der Waals surface area contributed by atoms with Crippen molar-refractivity contribution in [2.45, 2.75) is 39.0 Å². The maximum atomic E-state index is 12.2. The minimum absolute atomic E-state index is 0.140. The number of amides is 2. The molecule has 1 aliphatic rings. The Morgan fingerprint density at radius 1 is 1.16 bits per heavy atom. The van der Waals surface area contributed by atoms with Gasteiger partial charge in [-0.2, -0.15) is 4.52 Å². The summed E-state index contributed by atoms with van der Waals surface area (Å²) in [6.07, 6.45) is 4.85. The minimum Gasteiger partial charge on any atom is -0.369 e. The van der Waals surface area contributed by atoms with Crippen molar-refractivity contribution in [2.24, 2.45) is 0 Å². The fraction of sp³-hybridized carbons (Fsp3) is 0.429. The van der Waals surface area contributed by atoms with Gasteiger partial charge in [-0.1, -0.05) is 6.07 Å². The molecule has 0 radical (unpaired) electrons. The number of nitrogens with one attached hydrogen (secondary N) is 2. The number of aromatic nitrogens is 5. The predicted molar refractivity (Wildman–Crippen MR) is 116 cm³/mol. The zero-order valence-electron chi connectivity index (χ0n) is 17.5. The van der Waals surface area contributed by atoms with Crippen LogP contribution in [-0.2, 0) is 16.0 Å². The van der Waals surface area contributed by atoms with E-state index < -0.39 is 0 Å². The second-order valence-corrected chi connectivity index (χ2v) is 7.64. The Balaban J connectivity index is 1.29. The van der Waals surface area contributed by atoms with Crippen LogP contribution < -0.4 is 10.6 Å². The van der Waals surface area contributed by atoms with Crippen LogP contribution in [0.3, 0.4) is 0 Å². The molecule has 0 aromatic carbocycles. The lowest BCUT2D eigenvalue weighted by molar-refractivity contribution is -0.127. The lowest BCUT2D eigenvalue weighted by Gasteiger charge is -2.15. The van der Waals surface area contributed by atoms with E-state index in [1.807, 2.05) is 30.0 Å². The molecular formula is C21H26N8O2. The molecule has 162 valence electrons. The molecule has 3 aromatic heterocycles. The Morgan fingerprint density at radius 3 is 2.81 bits per heavy atom. The van der Waals surface area contributed by atoms with Gasteiger partial charge in [0, 0.05) is 45.1 Å².